The minimum atomic E-state index is -3.27. The number of aliphatic hydroxyl groups is 1. The first-order valence-corrected chi connectivity index (χ1v) is 14.0. The van der Waals surface area contributed by atoms with Crippen molar-refractivity contribution in [1.29, 1.82) is 0 Å². The molecule has 2 saturated heterocycles. The fourth-order valence-corrected chi connectivity index (χ4v) is 2.98. The Morgan fingerprint density at radius 2 is 1.14 bits per heavy atom. The van der Waals surface area contributed by atoms with Crippen LogP contribution in [0.4, 0.5) is 0 Å². The minimum Gasteiger partial charge on any atom is -0.395 e. The highest BCUT2D eigenvalue weighted by atomic mass is 35.7. The zero-order chi connectivity index (χ0) is 22.5. The lowest BCUT2D eigenvalue weighted by atomic mass is 10.3. The zero-order valence-electron chi connectivity index (χ0n) is 18.0. The minimum absolute atomic E-state index is 0.266. The number of piperazine rings is 2. The average Bonchev–Trinajstić information content (AvgIpc) is 2.57. The predicted octanol–water partition coefficient (Wildman–Crippen LogP) is -1.38. The molecule has 2 aliphatic rings. The Kier molecular flexibility index (Phi) is 14.8. The van der Waals surface area contributed by atoms with E-state index in [0.29, 0.717) is 13.2 Å². The molecule has 10 nitrogen and oxygen atoms in total. The first-order valence-electron chi connectivity index (χ1n) is 9.47. The van der Waals surface area contributed by atoms with E-state index in [1.165, 1.54) is 0 Å². The number of aliphatic hydroxyl groups excluding tert-OH is 1. The van der Waals surface area contributed by atoms with Crippen LogP contribution in [0.1, 0.15) is 0 Å². The first-order chi connectivity index (χ1) is 13.3. The van der Waals surface area contributed by atoms with E-state index in [1.54, 1.807) is 0 Å². The molecule has 1 N–H and O–H groups in total. The third kappa shape index (κ3) is 21.0. The Hall–Kier alpha value is -0.0500. The molecule has 0 aromatic rings. The highest BCUT2D eigenvalue weighted by Gasteiger charge is 2.14. The van der Waals surface area contributed by atoms with E-state index in [0.717, 1.165) is 71.4 Å². The summed E-state index contributed by atoms with van der Waals surface area (Å²) in [6, 6.07) is 0. The second-order valence-electron chi connectivity index (χ2n) is 7.22. The van der Waals surface area contributed by atoms with Crippen molar-refractivity contribution in [3.8, 4) is 0 Å². The average molecular weight is 481 g/mol. The number of halogens is 1. The van der Waals surface area contributed by atoms with Crippen molar-refractivity contribution < 1.29 is 26.1 Å². The molecule has 176 valence electrons. The molecular weight excluding hydrogens is 444 g/mol. The van der Waals surface area contributed by atoms with Gasteiger partial charge < -0.3 is 14.9 Å². The molecule has 0 bridgehead atoms. The molecule has 13 heteroatoms. The molecule has 2 rings (SSSR count). The Bertz CT molecular complexity index is 611. The van der Waals surface area contributed by atoms with E-state index in [-0.39, 0.29) is 6.61 Å². The van der Waals surface area contributed by atoms with Gasteiger partial charge in [-0.2, -0.15) is 8.42 Å². The van der Waals surface area contributed by atoms with E-state index < -0.39 is 19.2 Å². The summed E-state index contributed by atoms with van der Waals surface area (Å²) in [4.78, 5) is 9.08. The summed E-state index contributed by atoms with van der Waals surface area (Å²) in [5.74, 6) is 0. The number of nitrogens with zero attached hydrogens (tertiary/aromatic N) is 4. The van der Waals surface area contributed by atoms with E-state index in [9.17, 15) is 16.8 Å². The SMILES string of the molecule is CN1CCN(CCO)CC1.CN1CCN(CCOS(C)(=O)=O)CC1.CS(=O)(=O)Cl. The fraction of sp³-hybridized carbons (Fsp3) is 1.00. The van der Waals surface area contributed by atoms with Gasteiger partial charge in [-0.25, -0.2) is 8.42 Å². The van der Waals surface area contributed by atoms with Gasteiger partial charge in [0.15, 0.2) is 0 Å². The maximum atomic E-state index is 10.7. The normalized spacial score (nSPS) is 20.3. The van der Waals surface area contributed by atoms with Crippen molar-refractivity contribution in [2.75, 3.05) is 105 Å². The summed E-state index contributed by atoms with van der Waals surface area (Å²) in [7, 11) is 2.26. The summed E-state index contributed by atoms with van der Waals surface area (Å²) in [6.45, 7) is 10.7. The second kappa shape index (κ2) is 14.9. The van der Waals surface area contributed by atoms with Crippen LogP contribution in [0.2, 0.25) is 0 Å². The lowest BCUT2D eigenvalue weighted by Gasteiger charge is -2.31. The second-order valence-corrected chi connectivity index (χ2v) is 11.9. The highest BCUT2D eigenvalue weighted by molar-refractivity contribution is 8.13. The Morgan fingerprint density at radius 1 is 0.793 bits per heavy atom. The third-order valence-corrected chi connectivity index (χ3v) is 4.91. The molecule has 2 aliphatic heterocycles. The van der Waals surface area contributed by atoms with Crippen LogP contribution in [0.15, 0.2) is 0 Å². The van der Waals surface area contributed by atoms with E-state index in [4.69, 9.17) is 5.11 Å². The quantitative estimate of drug-likeness (QED) is 0.360. The monoisotopic (exact) mass is 480 g/mol. The summed E-state index contributed by atoms with van der Waals surface area (Å²) in [5, 5.41) is 8.63. The van der Waals surface area contributed by atoms with Gasteiger partial charge in [-0.15, -0.1) is 0 Å². The molecule has 0 atom stereocenters. The molecule has 0 aromatic carbocycles. The van der Waals surface area contributed by atoms with Crippen molar-refractivity contribution in [2.24, 2.45) is 0 Å². The molecule has 0 unspecified atom stereocenters. The Labute approximate surface area is 180 Å². The van der Waals surface area contributed by atoms with Gasteiger partial charge >= 0.3 is 0 Å². The van der Waals surface area contributed by atoms with Gasteiger partial charge in [-0.1, -0.05) is 0 Å². The smallest absolute Gasteiger partial charge is 0.264 e. The van der Waals surface area contributed by atoms with Crippen LogP contribution >= 0.6 is 10.7 Å². The largest absolute Gasteiger partial charge is 0.395 e. The van der Waals surface area contributed by atoms with Crippen LogP contribution in [0.3, 0.4) is 0 Å². The molecule has 0 spiro atoms. The maximum absolute atomic E-state index is 10.7. The van der Waals surface area contributed by atoms with E-state index in [2.05, 4.69) is 48.6 Å². The van der Waals surface area contributed by atoms with Crippen molar-refractivity contribution in [3.63, 3.8) is 0 Å². The molecule has 0 radical (unpaired) electrons. The topological polar surface area (TPSA) is 111 Å². The summed E-state index contributed by atoms with van der Waals surface area (Å²) >= 11 is 0. The predicted molar refractivity (Wildman–Crippen MR) is 116 cm³/mol. The molecular formula is C16H37ClN4O6S2. The van der Waals surface area contributed by atoms with Crippen LogP contribution in [0.5, 0.6) is 0 Å². The molecule has 29 heavy (non-hydrogen) atoms. The fourth-order valence-electron chi connectivity index (χ4n) is 2.60. The first kappa shape index (κ1) is 28.9. The summed E-state index contributed by atoms with van der Waals surface area (Å²) in [6.07, 6.45) is 2.01. The van der Waals surface area contributed by atoms with Crippen LogP contribution < -0.4 is 0 Å². The lowest BCUT2D eigenvalue weighted by molar-refractivity contribution is 0.128. The van der Waals surface area contributed by atoms with Gasteiger partial charge in [0.1, 0.15) is 0 Å². The molecule has 0 saturated carbocycles. The van der Waals surface area contributed by atoms with Gasteiger partial charge in [0.2, 0.25) is 9.05 Å². The molecule has 2 fully saturated rings. The van der Waals surface area contributed by atoms with E-state index in [1.807, 2.05) is 0 Å². The van der Waals surface area contributed by atoms with Crippen molar-refractivity contribution in [1.82, 2.24) is 19.6 Å². The Morgan fingerprint density at radius 3 is 1.45 bits per heavy atom. The standard InChI is InChI=1S/C8H18N2O3S.C7H16N2O.CH3ClO2S/c1-9-3-5-10(6-4-9)7-8-13-14(2,11)12;1-8-2-4-9(5-3-8)6-7-10;1-5(2,3)4/h3-8H2,1-2H3;10H,2-7H2,1H3;1H3. The molecule has 0 amide bonds. The van der Waals surface area contributed by atoms with Gasteiger partial charge in [0.05, 0.1) is 25.7 Å². The number of likely N-dealkylation sites (N-methyl/N-ethyl adjacent to an activating group) is 2. The summed E-state index contributed by atoms with van der Waals surface area (Å²) in [5.41, 5.74) is 0. The number of β-amino-alcohol motifs (C(OH)–C–C–N with tert-alkyl or cyclic N) is 1. The maximum Gasteiger partial charge on any atom is 0.264 e. The molecule has 2 heterocycles. The van der Waals surface area contributed by atoms with Gasteiger partial charge in [-0.05, 0) is 14.1 Å². The lowest BCUT2D eigenvalue weighted by Crippen LogP contribution is -2.45. The van der Waals surface area contributed by atoms with Crippen molar-refractivity contribution >= 4 is 29.9 Å². The zero-order valence-corrected chi connectivity index (χ0v) is 20.3. The van der Waals surface area contributed by atoms with Gasteiger partial charge in [0.25, 0.3) is 10.1 Å². The number of hydrogen-bond acceptors (Lipinski definition) is 10. The Balaban J connectivity index is 0.000000455. The van der Waals surface area contributed by atoms with Crippen LogP contribution in [-0.2, 0) is 23.4 Å². The highest BCUT2D eigenvalue weighted by Crippen LogP contribution is 1.99. The van der Waals surface area contributed by atoms with Gasteiger partial charge in [-0.3, -0.25) is 14.0 Å². The van der Waals surface area contributed by atoms with E-state index >= 15 is 0 Å². The van der Waals surface area contributed by atoms with Crippen LogP contribution in [0.25, 0.3) is 0 Å². The van der Waals surface area contributed by atoms with Crippen molar-refractivity contribution in [2.45, 2.75) is 0 Å². The van der Waals surface area contributed by atoms with Gasteiger partial charge in [0, 0.05) is 76.1 Å². The third-order valence-electron chi connectivity index (χ3n) is 4.31. The van der Waals surface area contributed by atoms with Crippen LogP contribution in [-0.4, -0.2) is 147 Å². The summed E-state index contributed by atoms with van der Waals surface area (Å²) < 4.78 is 44.8. The van der Waals surface area contributed by atoms with Crippen molar-refractivity contribution in [3.05, 3.63) is 0 Å². The molecule has 0 aromatic heterocycles. The molecule has 0 aliphatic carbocycles. The number of hydrogen-bond donors (Lipinski definition) is 1. The van der Waals surface area contributed by atoms with Crippen LogP contribution in [0, 0.1) is 0 Å². The number of rotatable bonds is 6.